The Balaban J connectivity index is 2.02. The summed E-state index contributed by atoms with van der Waals surface area (Å²) in [7, 11) is 4.45. The van der Waals surface area contributed by atoms with E-state index in [2.05, 4.69) is 36.2 Å². The monoisotopic (exact) mass is 436 g/mol. The van der Waals surface area contributed by atoms with Gasteiger partial charge in [-0.15, -0.1) is 5.10 Å². The molecule has 0 spiro atoms. The first-order valence-electron chi connectivity index (χ1n) is 9.32. The Kier molecular flexibility index (Phi) is 6.29. The van der Waals surface area contributed by atoms with Gasteiger partial charge in [0.25, 0.3) is 0 Å². The maximum atomic E-state index is 13.2. The maximum Gasteiger partial charge on any atom is 0.409 e. The number of halogens is 3. The highest BCUT2D eigenvalue weighted by Gasteiger charge is 2.41. The van der Waals surface area contributed by atoms with E-state index in [1.165, 1.54) is 25.0 Å². The van der Waals surface area contributed by atoms with Crippen molar-refractivity contribution in [3.63, 3.8) is 0 Å². The van der Waals surface area contributed by atoms with Crippen LogP contribution in [-0.4, -0.2) is 52.3 Å². The van der Waals surface area contributed by atoms with E-state index in [-0.39, 0.29) is 5.69 Å². The second-order valence-corrected chi connectivity index (χ2v) is 6.79. The molecule has 0 aliphatic carbocycles. The van der Waals surface area contributed by atoms with E-state index in [1.807, 2.05) is 19.9 Å². The van der Waals surface area contributed by atoms with Gasteiger partial charge >= 0.3 is 6.18 Å². The summed E-state index contributed by atoms with van der Waals surface area (Å²) in [6.07, 6.45) is -3.29. The first-order valence-corrected chi connectivity index (χ1v) is 9.32. The lowest BCUT2D eigenvalue weighted by Gasteiger charge is -2.17. The maximum absolute atomic E-state index is 13.2. The predicted octanol–water partition coefficient (Wildman–Crippen LogP) is 3.29. The third-order valence-corrected chi connectivity index (χ3v) is 4.50. The van der Waals surface area contributed by atoms with Gasteiger partial charge in [0.15, 0.2) is 0 Å². The van der Waals surface area contributed by atoms with Gasteiger partial charge in [0.1, 0.15) is 29.0 Å². The van der Waals surface area contributed by atoms with Gasteiger partial charge in [-0.3, -0.25) is 0 Å². The van der Waals surface area contributed by atoms with Crippen molar-refractivity contribution < 1.29 is 17.9 Å². The molecule has 31 heavy (non-hydrogen) atoms. The van der Waals surface area contributed by atoms with Gasteiger partial charge in [0, 0.05) is 24.5 Å². The zero-order valence-corrected chi connectivity index (χ0v) is 17.7. The zero-order valence-electron chi connectivity index (χ0n) is 17.7. The molecule has 1 atom stereocenters. The van der Waals surface area contributed by atoms with E-state index in [1.54, 1.807) is 19.2 Å². The van der Waals surface area contributed by atoms with Crippen LogP contribution in [0.4, 0.5) is 30.6 Å². The molecule has 1 unspecified atom stereocenters. The molecule has 2 aromatic heterocycles. The summed E-state index contributed by atoms with van der Waals surface area (Å²) in [5.74, 6) is 1.47. The topological polar surface area (TPSA) is 102 Å². The summed E-state index contributed by atoms with van der Waals surface area (Å²) in [5.41, 5.74) is 2.27. The Hall–Kier alpha value is -3.41. The molecule has 0 bridgehead atoms. The largest absolute Gasteiger partial charge is 0.494 e. The van der Waals surface area contributed by atoms with Gasteiger partial charge in [-0.05, 0) is 38.6 Å². The highest BCUT2D eigenvalue weighted by atomic mass is 19.4. The number of anilines is 3. The molecule has 3 rings (SSSR count). The summed E-state index contributed by atoms with van der Waals surface area (Å²) in [6.45, 7) is 3.65. The minimum absolute atomic E-state index is 0.256. The molecule has 0 aliphatic heterocycles. The van der Waals surface area contributed by atoms with Crippen LogP contribution < -0.4 is 20.7 Å². The molecular formula is C19H23F3N8O. The van der Waals surface area contributed by atoms with Crippen LogP contribution in [0.1, 0.15) is 23.0 Å². The Labute approximate surface area is 177 Å². The lowest BCUT2D eigenvalue weighted by Crippen LogP contribution is -2.31. The summed E-state index contributed by atoms with van der Waals surface area (Å²) in [5, 5.41) is 15.9. The molecular weight excluding hydrogens is 413 g/mol. The van der Waals surface area contributed by atoms with E-state index in [0.717, 1.165) is 11.3 Å². The molecule has 0 fully saturated rings. The molecule has 2 heterocycles. The molecule has 0 aliphatic rings. The van der Waals surface area contributed by atoms with Gasteiger partial charge in [-0.25, -0.2) is 9.67 Å². The van der Waals surface area contributed by atoms with Crippen molar-refractivity contribution in [3.05, 3.63) is 41.3 Å². The number of nitrogens with zero attached hydrogens (tertiary/aromatic N) is 5. The van der Waals surface area contributed by atoms with Crippen molar-refractivity contribution in [1.82, 2.24) is 30.3 Å². The Morgan fingerprint density at radius 3 is 2.45 bits per heavy atom. The van der Waals surface area contributed by atoms with Crippen LogP contribution in [0.3, 0.4) is 0 Å². The summed E-state index contributed by atoms with van der Waals surface area (Å²) in [6, 6.07) is 3.36. The third-order valence-electron chi connectivity index (χ3n) is 4.50. The van der Waals surface area contributed by atoms with Gasteiger partial charge in [-0.1, -0.05) is 5.21 Å². The summed E-state index contributed by atoms with van der Waals surface area (Å²) >= 11 is 0. The van der Waals surface area contributed by atoms with E-state index in [9.17, 15) is 13.2 Å². The van der Waals surface area contributed by atoms with Crippen molar-refractivity contribution in [1.29, 1.82) is 0 Å². The number of ether oxygens (including phenoxy) is 1. The van der Waals surface area contributed by atoms with Crippen LogP contribution in [-0.2, 0) is 0 Å². The number of rotatable bonds is 7. The molecule has 3 aromatic rings. The van der Waals surface area contributed by atoms with Crippen molar-refractivity contribution in [2.24, 2.45) is 0 Å². The third kappa shape index (κ3) is 4.85. The number of aromatic nitrogens is 5. The first kappa shape index (κ1) is 22.3. The summed E-state index contributed by atoms with van der Waals surface area (Å²) < 4.78 is 46.4. The highest BCUT2D eigenvalue weighted by molar-refractivity contribution is 5.65. The Morgan fingerprint density at radius 1 is 1.10 bits per heavy atom. The molecule has 166 valence electrons. The van der Waals surface area contributed by atoms with Crippen LogP contribution in [0, 0.1) is 13.8 Å². The van der Waals surface area contributed by atoms with E-state index in [0.29, 0.717) is 28.9 Å². The lowest BCUT2D eigenvalue weighted by atomic mass is 10.1. The fourth-order valence-electron chi connectivity index (χ4n) is 3.15. The summed E-state index contributed by atoms with van der Waals surface area (Å²) in [4.78, 5) is 8.71. The standard InChI is InChI=1S/C19H23F3N8O/c1-10-6-12(26-18-25-11(2)7-15(23-3)27-18)8-14(16(10)31-5)30-9-13(28-29-30)17(24-4)19(20,21)22/h6-9,17,24H,1-5H3,(H2,23,25,26,27). The van der Waals surface area contributed by atoms with Gasteiger partial charge < -0.3 is 20.7 Å². The quantitative estimate of drug-likeness (QED) is 0.519. The minimum Gasteiger partial charge on any atom is -0.494 e. The average Bonchev–Trinajstić information content (AvgIpc) is 3.15. The number of alkyl halides is 3. The van der Waals surface area contributed by atoms with Crippen molar-refractivity contribution >= 4 is 17.5 Å². The second kappa shape index (κ2) is 8.76. The fourth-order valence-corrected chi connectivity index (χ4v) is 3.15. The number of benzene rings is 1. The van der Waals surface area contributed by atoms with Crippen LogP contribution >= 0.6 is 0 Å². The molecule has 0 saturated heterocycles. The van der Waals surface area contributed by atoms with Crippen molar-refractivity contribution in [2.45, 2.75) is 26.1 Å². The predicted molar refractivity (Wildman–Crippen MR) is 110 cm³/mol. The molecule has 0 radical (unpaired) electrons. The van der Waals surface area contributed by atoms with Gasteiger partial charge in [-0.2, -0.15) is 18.2 Å². The second-order valence-electron chi connectivity index (χ2n) is 6.79. The van der Waals surface area contributed by atoms with Crippen LogP contribution in [0.5, 0.6) is 5.75 Å². The van der Waals surface area contributed by atoms with Crippen molar-refractivity contribution in [3.8, 4) is 11.4 Å². The fraction of sp³-hybridized carbons (Fsp3) is 0.368. The van der Waals surface area contributed by atoms with Gasteiger partial charge in [0.2, 0.25) is 5.95 Å². The number of methoxy groups -OCH3 is 1. The van der Waals surface area contributed by atoms with E-state index < -0.39 is 12.2 Å². The molecule has 1 aromatic carbocycles. The Bertz CT molecular complexity index is 1070. The van der Waals surface area contributed by atoms with Gasteiger partial charge in [0.05, 0.1) is 13.3 Å². The number of aryl methyl sites for hydroxylation is 2. The van der Waals surface area contributed by atoms with Crippen LogP contribution in [0.25, 0.3) is 5.69 Å². The normalized spacial score (nSPS) is 12.5. The van der Waals surface area contributed by atoms with Crippen molar-refractivity contribution in [2.75, 3.05) is 31.8 Å². The van der Waals surface area contributed by atoms with E-state index in [4.69, 9.17) is 4.74 Å². The van der Waals surface area contributed by atoms with Crippen LogP contribution in [0.2, 0.25) is 0 Å². The molecule has 0 amide bonds. The minimum atomic E-state index is -4.51. The number of hydrogen-bond donors (Lipinski definition) is 3. The van der Waals surface area contributed by atoms with E-state index >= 15 is 0 Å². The SMILES string of the molecule is CNc1cc(C)nc(Nc2cc(C)c(OC)c(-n3cc(C(NC)C(F)(F)F)nn3)c2)n1. The van der Waals surface area contributed by atoms with Crippen LogP contribution in [0.15, 0.2) is 24.4 Å². The number of hydrogen-bond acceptors (Lipinski definition) is 8. The Morgan fingerprint density at radius 2 is 1.84 bits per heavy atom. The first-order chi connectivity index (χ1) is 14.7. The smallest absolute Gasteiger partial charge is 0.409 e. The highest BCUT2D eigenvalue weighted by Crippen LogP contribution is 2.34. The number of nitrogens with one attached hydrogen (secondary N) is 3. The average molecular weight is 436 g/mol. The molecule has 3 N–H and O–H groups in total. The zero-order chi connectivity index (χ0) is 22.8. The lowest BCUT2D eigenvalue weighted by molar-refractivity contribution is -0.157. The molecule has 12 heteroatoms. The molecule has 9 nitrogen and oxygen atoms in total. The molecule has 0 saturated carbocycles.